The van der Waals surface area contributed by atoms with Crippen molar-refractivity contribution in [1.82, 2.24) is 19.6 Å². The normalized spacial score (nSPS) is 15.5. The fraction of sp³-hybridized carbons (Fsp3) is 0.267. The van der Waals surface area contributed by atoms with Crippen LogP contribution in [-0.2, 0) is 13.0 Å². The summed E-state index contributed by atoms with van der Waals surface area (Å²) in [6.07, 6.45) is 4.98. The number of hydrogen-bond donors (Lipinski definition) is 3. The van der Waals surface area contributed by atoms with Crippen molar-refractivity contribution in [3.05, 3.63) is 95.9 Å². The number of nitrogens with zero attached hydrogens (tertiary/aromatic N) is 3. The third-order valence-corrected chi connectivity index (χ3v) is 8.03. The summed E-state index contributed by atoms with van der Waals surface area (Å²) in [5.41, 5.74) is 4.35. The van der Waals surface area contributed by atoms with Crippen LogP contribution in [0.25, 0.3) is 0 Å². The highest BCUT2D eigenvalue weighted by molar-refractivity contribution is 7.97. The smallest absolute Gasteiger partial charge is 0.229 e. The number of ether oxygens (including phenoxy) is 1. The van der Waals surface area contributed by atoms with Gasteiger partial charge >= 0.3 is 0 Å². The van der Waals surface area contributed by atoms with E-state index in [1.165, 1.54) is 28.2 Å². The number of aromatic nitrogens is 2. The summed E-state index contributed by atoms with van der Waals surface area (Å²) in [5, 5.41) is 10.2. The van der Waals surface area contributed by atoms with E-state index in [2.05, 4.69) is 60.6 Å². The molecule has 0 saturated carbocycles. The molecule has 4 aromatic rings. The predicted molar refractivity (Wildman–Crippen MR) is 154 cm³/mol. The largest absolute Gasteiger partial charge is 0.493 e. The number of fused-ring (bicyclic) bond motifs is 1. The van der Waals surface area contributed by atoms with Gasteiger partial charge < -0.3 is 20.7 Å². The van der Waals surface area contributed by atoms with Gasteiger partial charge in [-0.25, -0.2) is 13.7 Å². The molecule has 0 aliphatic carbocycles. The van der Waals surface area contributed by atoms with Crippen molar-refractivity contribution in [3.63, 3.8) is 0 Å². The Morgan fingerprint density at radius 2 is 1.69 bits per heavy atom. The van der Waals surface area contributed by atoms with Gasteiger partial charge in [0.1, 0.15) is 17.4 Å². The molecule has 7 nitrogen and oxygen atoms in total. The maximum Gasteiger partial charge on any atom is 0.229 e. The molecule has 1 saturated heterocycles. The number of rotatable bonds is 9. The number of halogens is 1. The number of piperidine rings is 1. The van der Waals surface area contributed by atoms with Crippen molar-refractivity contribution >= 4 is 35.1 Å². The molecule has 1 aromatic heterocycles. The van der Waals surface area contributed by atoms with Crippen LogP contribution in [-0.4, -0.2) is 40.0 Å². The molecule has 0 spiro atoms. The van der Waals surface area contributed by atoms with Gasteiger partial charge in [0.15, 0.2) is 0 Å². The molecule has 2 aliphatic heterocycles. The van der Waals surface area contributed by atoms with E-state index >= 15 is 0 Å². The van der Waals surface area contributed by atoms with Gasteiger partial charge in [0.25, 0.3) is 0 Å². The summed E-state index contributed by atoms with van der Waals surface area (Å²) in [5.74, 6) is 1.90. The van der Waals surface area contributed by atoms with Crippen molar-refractivity contribution in [2.45, 2.75) is 36.7 Å². The second-order valence-electron chi connectivity index (χ2n) is 9.76. The minimum Gasteiger partial charge on any atom is -0.493 e. The Labute approximate surface area is 232 Å². The van der Waals surface area contributed by atoms with Gasteiger partial charge in [0.2, 0.25) is 5.95 Å². The summed E-state index contributed by atoms with van der Waals surface area (Å²) in [4.78, 5) is 10.0. The SMILES string of the molecule is Fc1ccc(Nc2ccnc(Nc3ccc(SN4CCC(NCc5ccc6c(c5)CCO6)CC4)cc3)n2)cc1. The zero-order valence-corrected chi connectivity index (χ0v) is 22.4. The van der Waals surface area contributed by atoms with E-state index in [9.17, 15) is 4.39 Å². The van der Waals surface area contributed by atoms with Gasteiger partial charge in [0, 0.05) is 54.6 Å². The highest BCUT2D eigenvalue weighted by Gasteiger charge is 2.20. The summed E-state index contributed by atoms with van der Waals surface area (Å²) >= 11 is 1.81. The maximum absolute atomic E-state index is 13.1. The minimum atomic E-state index is -0.272. The molecule has 1 fully saturated rings. The first-order valence-electron chi connectivity index (χ1n) is 13.3. The first-order valence-corrected chi connectivity index (χ1v) is 14.1. The average Bonchev–Trinajstić information content (AvgIpc) is 3.43. The lowest BCUT2D eigenvalue weighted by Crippen LogP contribution is -2.39. The van der Waals surface area contributed by atoms with Crippen molar-refractivity contribution in [2.75, 3.05) is 30.3 Å². The molecule has 0 radical (unpaired) electrons. The second-order valence-corrected chi connectivity index (χ2v) is 10.9. The number of nitrogens with one attached hydrogen (secondary N) is 3. The van der Waals surface area contributed by atoms with E-state index in [4.69, 9.17) is 4.74 Å². The van der Waals surface area contributed by atoms with Crippen LogP contribution < -0.4 is 20.7 Å². The van der Waals surface area contributed by atoms with Gasteiger partial charge in [-0.2, -0.15) is 4.98 Å². The molecule has 200 valence electrons. The maximum atomic E-state index is 13.1. The average molecular weight is 543 g/mol. The van der Waals surface area contributed by atoms with Crippen LogP contribution in [0.3, 0.4) is 0 Å². The highest BCUT2D eigenvalue weighted by Crippen LogP contribution is 2.29. The predicted octanol–water partition coefficient (Wildman–Crippen LogP) is 6.30. The molecule has 6 rings (SSSR count). The van der Waals surface area contributed by atoms with E-state index in [1.807, 2.05) is 24.1 Å². The van der Waals surface area contributed by atoms with Gasteiger partial charge in [-0.3, -0.25) is 0 Å². The Kier molecular flexibility index (Phi) is 7.90. The number of benzene rings is 3. The number of anilines is 4. The van der Waals surface area contributed by atoms with E-state index in [0.29, 0.717) is 17.8 Å². The lowest BCUT2D eigenvalue weighted by Gasteiger charge is -2.31. The molecule has 0 unspecified atom stereocenters. The Bertz CT molecular complexity index is 1390. The Hall–Kier alpha value is -3.66. The lowest BCUT2D eigenvalue weighted by molar-refractivity contribution is 0.307. The summed E-state index contributed by atoms with van der Waals surface area (Å²) in [7, 11) is 0. The molecule has 3 heterocycles. The van der Waals surface area contributed by atoms with Gasteiger partial charge in [-0.05, 0) is 96.6 Å². The van der Waals surface area contributed by atoms with Crippen LogP contribution in [0.15, 0.2) is 83.9 Å². The Morgan fingerprint density at radius 1 is 0.923 bits per heavy atom. The van der Waals surface area contributed by atoms with Crippen LogP contribution in [0.2, 0.25) is 0 Å². The molecular weight excluding hydrogens is 511 g/mol. The van der Waals surface area contributed by atoms with Crippen LogP contribution in [0, 0.1) is 5.82 Å². The fourth-order valence-corrected chi connectivity index (χ4v) is 5.76. The zero-order valence-electron chi connectivity index (χ0n) is 21.6. The van der Waals surface area contributed by atoms with Crippen molar-refractivity contribution < 1.29 is 9.13 Å². The molecule has 3 aromatic carbocycles. The van der Waals surface area contributed by atoms with Gasteiger partial charge in [-0.1, -0.05) is 12.1 Å². The van der Waals surface area contributed by atoms with E-state index < -0.39 is 0 Å². The van der Waals surface area contributed by atoms with Gasteiger partial charge in [0.05, 0.1) is 6.61 Å². The molecule has 0 atom stereocenters. The van der Waals surface area contributed by atoms with Crippen molar-refractivity contribution in [3.8, 4) is 5.75 Å². The molecule has 0 bridgehead atoms. The van der Waals surface area contributed by atoms with Crippen LogP contribution in [0.5, 0.6) is 5.75 Å². The van der Waals surface area contributed by atoms with E-state index in [-0.39, 0.29) is 5.82 Å². The van der Waals surface area contributed by atoms with E-state index in [1.54, 1.807) is 24.4 Å². The Balaban J connectivity index is 0.955. The van der Waals surface area contributed by atoms with Crippen molar-refractivity contribution in [1.29, 1.82) is 0 Å². The Morgan fingerprint density at radius 3 is 2.51 bits per heavy atom. The first kappa shape index (κ1) is 25.6. The summed E-state index contributed by atoms with van der Waals surface area (Å²) < 4.78 is 21.2. The lowest BCUT2D eigenvalue weighted by atomic mass is 10.1. The highest BCUT2D eigenvalue weighted by atomic mass is 32.2. The molecule has 0 amide bonds. The van der Waals surface area contributed by atoms with Crippen LogP contribution in [0.1, 0.15) is 24.0 Å². The molecule has 39 heavy (non-hydrogen) atoms. The quantitative estimate of drug-likeness (QED) is 0.213. The van der Waals surface area contributed by atoms with Crippen LogP contribution in [0.4, 0.5) is 27.5 Å². The van der Waals surface area contributed by atoms with Crippen molar-refractivity contribution in [2.24, 2.45) is 0 Å². The molecule has 9 heteroatoms. The van der Waals surface area contributed by atoms with E-state index in [0.717, 1.165) is 62.6 Å². The zero-order chi connectivity index (χ0) is 26.4. The van der Waals surface area contributed by atoms with Gasteiger partial charge in [-0.15, -0.1) is 0 Å². The molecular formula is C30H31FN6OS. The number of hydrogen-bond acceptors (Lipinski definition) is 8. The second kappa shape index (κ2) is 12.0. The summed E-state index contributed by atoms with van der Waals surface area (Å²) in [6, 6.07) is 23.4. The fourth-order valence-electron chi connectivity index (χ4n) is 4.81. The third kappa shape index (κ3) is 6.86. The molecule has 3 N–H and O–H groups in total. The standard InChI is InChI=1S/C30H31FN6OS/c31-23-2-4-25(5-3-23)34-29-11-15-32-30(36-29)35-26-6-8-27(9-7-26)39-37-16-12-24(13-17-37)33-20-21-1-10-28-22(19-21)14-18-38-28/h1-11,15,19,24,33H,12-14,16-18,20H2,(H2,32,34,35,36). The van der Waals surface area contributed by atoms with Crippen LogP contribution >= 0.6 is 11.9 Å². The molecule has 2 aliphatic rings. The first-order chi connectivity index (χ1) is 19.2. The monoisotopic (exact) mass is 542 g/mol. The topological polar surface area (TPSA) is 74.3 Å². The summed E-state index contributed by atoms with van der Waals surface area (Å²) in [6.45, 7) is 3.83. The minimum absolute atomic E-state index is 0.272. The third-order valence-electron chi connectivity index (χ3n) is 6.92.